The molecule has 2 aliphatic heterocycles. The predicted molar refractivity (Wildman–Crippen MR) is 126 cm³/mol. The highest BCUT2D eigenvalue weighted by Gasteiger charge is 2.44. The van der Waals surface area contributed by atoms with E-state index in [-0.39, 0.29) is 11.8 Å². The fourth-order valence-corrected chi connectivity index (χ4v) is 5.23. The van der Waals surface area contributed by atoms with Crippen LogP contribution in [-0.4, -0.2) is 34.2 Å². The van der Waals surface area contributed by atoms with Crippen LogP contribution in [0.5, 0.6) is 11.6 Å². The second kappa shape index (κ2) is 8.16. The Morgan fingerprint density at radius 1 is 1.22 bits per heavy atom. The minimum Gasteiger partial charge on any atom is -0.438 e. The number of rotatable bonds is 4. The molecule has 1 unspecified atom stereocenters. The van der Waals surface area contributed by atoms with Crippen LogP contribution in [0.4, 0.5) is 10.9 Å². The smallest absolute Gasteiger partial charge is 0.232 e. The predicted octanol–water partition coefficient (Wildman–Crippen LogP) is 5.07. The molecule has 1 aromatic carbocycles. The van der Waals surface area contributed by atoms with E-state index in [1.807, 2.05) is 38.1 Å². The average molecular weight is 450 g/mol. The summed E-state index contributed by atoms with van der Waals surface area (Å²) in [6.45, 7) is 8.21. The first-order chi connectivity index (χ1) is 15.4. The molecule has 0 spiro atoms. The van der Waals surface area contributed by atoms with Crippen LogP contribution in [0, 0.1) is 11.3 Å². The largest absolute Gasteiger partial charge is 0.438 e. The summed E-state index contributed by atoms with van der Waals surface area (Å²) in [6.07, 6.45) is 2.43. The van der Waals surface area contributed by atoms with Gasteiger partial charge in [0.25, 0.3) is 0 Å². The van der Waals surface area contributed by atoms with Crippen molar-refractivity contribution in [1.82, 2.24) is 15.2 Å². The molecule has 5 rings (SSSR count). The van der Waals surface area contributed by atoms with Crippen molar-refractivity contribution in [1.29, 1.82) is 0 Å². The Labute approximate surface area is 191 Å². The van der Waals surface area contributed by atoms with Gasteiger partial charge in [0.2, 0.25) is 16.9 Å². The minimum atomic E-state index is -0.775. The van der Waals surface area contributed by atoms with E-state index in [4.69, 9.17) is 9.72 Å². The molecule has 0 radical (unpaired) electrons. The number of aromatic nitrogens is 3. The van der Waals surface area contributed by atoms with E-state index in [2.05, 4.69) is 39.5 Å². The molecule has 32 heavy (non-hydrogen) atoms. The number of pyridine rings is 1. The molecule has 2 aromatic heterocycles. The summed E-state index contributed by atoms with van der Waals surface area (Å²) < 4.78 is 6.26. The molecule has 0 aliphatic carbocycles. The summed E-state index contributed by atoms with van der Waals surface area (Å²) in [5.74, 6) is 2.59. The van der Waals surface area contributed by atoms with Gasteiger partial charge in [-0.15, -0.1) is 10.2 Å². The fraction of sp³-hybridized carbons (Fsp3) is 0.417. The highest BCUT2D eigenvalue weighted by atomic mass is 32.1. The summed E-state index contributed by atoms with van der Waals surface area (Å²) in [7, 11) is 0. The van der Waals surface area contributed by atoms with E-state index >= 15 is 0 Å². The van der Waals surface area contributed by atoms with E-state index in [0.29, 0.717) is 16.9 Å². The van der Waals surface area contributed by atoms with Gasteiger partial charge in [-0.1, -0.05) is 50.3 Å². The number of nitrogens with one attached hydrogen (secondary N) is 1. The van der Waals surface area contributed by atoms with Crippen LogP contribution in [0.3, 0.4) is 0 Å². The maximum absolute atomic E-state index is 13.4. The summed E-state index contributed by atoms with van der Waals surface area (Å²) >= 11 is 1.31. The zero-order chi connectivity index (χ0) is 22.3. The maximum Gasteiger partial charge on any atom is 0.232 e. The summed E-state index contributed by atoms with van der Waals surface area (Å²) in [5, 5.41) is 11.2. The van der Waals surface area contributed by atoms with Crippen molar-refractivity contribution >= 4 is 28.2 Å². The molecule has 2 atom stereocenters. The van der Waals surface area contributed by atoms with Gasteiger partial charge in [-0.05, 0) is 37.0 Å². The Morgan fingerprint density at radius 2 is 2.06 bits per heavy atom. The summed E-state index contributed by atoms with van der Waals surface area (Å²) in [4.78, 5) is 20.6. The number of piperidine rings is 1. The maximum atomic E-state index is 13.4. The molecule has 0 saturated carbocycles. The third-order valence-corrected chi connectivity index (χ3v) is 7.10. The van der Waals surface area contributed by atoms with Crippen LogP contribution in [0.25, 0.3) is 0 Å². The van der Waals surface area contributed by atoms with Gasteiger partial charge in [-0.2, -0.15) is 4.98 Å². The van der Waals surface area contributed by atoms with Crippen LogP contribution in [-0.2, 0) is 4.79 Å². The number of anilines is 2. The van der Waals surface area contributed by atoms with Crippen molar-refractivity contribution in [3.63, 3.8) is 0 Å². The molecular formula is C24H27N5O2S. The van der Waals surface area contributed by atoms with E-state index in [1.165, 1.54) is 24.2 Å². The Bertz CT molecular complexity index is 1130. The standard InChI is InChI=1S/C24H27N5O2S/c1-15-7-6-12-29(13-15)19-11-10-17-20(16-8-4-5-9-18(16)31-21(17)26-19)24(2,3)22(30)27-23-28-25-14-32-23/h4-5,8-11,14-15,20H,6-7,12-13H2,1-3H3,(H,27,28,30)/t15?,20-/m0/s1. The number of benzene rings is 1. The monoisotopic (exact) mass is 449 g/mol. The quantitative estimate of drug-likeness (QED) is 0.599. The first-order valence-electron chi connectivity index (χ1n) is 11.0. The summed E-state index contributed by atoms with van der Waals surface area (Å²) in [6, 6.07) is 12.1. The van der Waals surface area contributed by atoms with E-state index < -0.39 is 5.41 Å². The second-order valence-electron chi connectivity index (χ2n) is 9.25. The van der Waals surface area contributed by atoms with Gasteiger partial charge >= 0.3 is 0 Å². The molecular weight excluding hydrogens is 422 g/mol. The van der Waals surface area contributed by atoms with Crippen LogP contribution in [0.1, 0.15) is 50.7 Å². The fourth-order valence-electron chi connectivity index (χ4n) is 4.79. The van der Waals surface area contributed by atoms with Gasteiger partial charge in [0.15, 0.2) is 0 Å². The van der Waals surface area contributed by atoms with Crippen molar-refractivity contribution in [2.45, 2.75) is 39.5 Å². The van der Waals surface area contributed by atoms with Crippen LogP contribution in [0.15, 0.2) is 41.9 Å². The molecule has 7 nitrogen and oxygen atoms in total. The van der Waals surface area contributed by atoms with Crippen molar-refractivity contribution in [3.05, 3.63) is 53.0 Å². The first-order valence-corrected chi connectivity index (χ1v) is 11.9. The average Bonchev–Trinajstić information content (AvgIpc) is 3.30. The zero-order valence-electron chi connectivity index (χ0n) is 18.5. The van der Waals surface area contributed by atoms with Crippen molar-refractivity contribution < 1.29 is 9.53 Å². The van der Waals surface area contributed by atoms with Crippen LogP contribution in [0.2, 0.25) is 0 Å². The van der Waals surface area contributed by atoms with Gasteiger partial charge in [0, 0.05) is 30.1 Å². The molecule has 8 heteroatoms. The molecule has 4 heterocycles. The lowest BCUT2D eigenvalue weighted by atomic mass is 9.70. The van der Waals surface area contributed by atoms with Gasteiger partial charge in [0.1, 0.15) is 17.1 Å². The van der Waals surface area contributed by atoms with Crippen molar-refractivity contribution in [2.24, 2.45) is 11.3 Å². The normalized spacial score (nSPS) is 20.2. The van der Waals surface area contributed by atoms with E-state index in [0.717, 1.165) is 35.8 Å². The number of para-hydroxylation sites is 1. The lowest BCUT2D eigenvalue weighted by molar-refractivity contribution is -0.124. The SMILES string of the molecule is CC1CCCN(c2ccc3c(n2)Oc2ccccc2[C@@H]3C(C)(C)C(=O)Nc2nncs2)C1. The summed E-state index contributed by atoms with van der Waals surface area (Å²) in [5.41, 5.74) is 2.74. The topological polar surface area (TPSA) is 80.2 Å². The number of carbonyl (C=O) groups is 1. The molecule has 3 aromatic rings. The van der Waals surface area contributed by atoms with Gasteiger partial charge in [0.05, 0.1) is 5.41 Å². The molecule has 1 saturated heterocycles. The molecule has 2 aliphatic rings. The third-order valence-electron chi connectivity index (χ3n) is 6.49. The van der Waals surface area contributed by atoms with Gasteiger partial charge in [-0.3, -0.25) is 4.79 Å². The minimum absolute atomic E-state index is 0.115. The lowest BCUT2D eigenvalue weighted by Crippen LogP contribution is -2.38. The molecule has 1 fully saturated rings. The number of nitrogens with zero attached hydrogens (tertiary/aromatic N) is 4. The number of hydrogen-bond acceptors (Lipinski definition) is 7. The molecule has 1 amide bonds. The van der Waals surface area contributed by atoms with Crippen LogP contribution >= 0.6 is 11.3 Å². The number of fused-ring (bicyclic) bond motifs is 2. The number of ether oxygens (including phenoxy) is 1. The zero-order valence-corrected chi connectivity index (χ0v) is 19.4. The molecule has 1 N–H and O–H groups in total. The Morgan fingerprint density at radius 3 is 2.84 bits per heavy atom. The highest BCUT2D eigenvalue weighted by Crippen LogP contribution is 2.52. The Hall–Kier alpha value is -3.00. The van der Waals surface area contributed by atoms with Gasteiger partial charge < -0.3 is 15.0 Å². The third kappa shape index (κ3) is 3.72. The van der Waals surface area contributed by atoms with Crippen LogP contribution < -0.4 is 15.0 Å². The van der Waals surface area contributed by atoms with Gasteiger partial charge in [-0.25, -0.2) is 0 Å². The Balaban J connectivity index is 1.53. The van der Waals surface area contributed by atoms with Crippen molar-refractivity contribution in [2.75, 3.05) is 23.3 Å². The number of amides is 1. The highest BCUT2D eigenvalue weighted by molar-refractivity contribution is 7.13. The van der Waals surface area contributed by atoms with Crippen molar-refractivity contribution in [3.8, 4) is 11.6 Å². The molecule has 0 bridgehead atoms. The lowest BCUT2D eigenvalue weighted by Gasteiger charge is -2.38. The number of hydrogen-bond donors (Lipinski definition) is 1. The Kier molecular flexibility index (Phi) is 5.33. The molecule has 166 valence electrons. The van der Waals surface area contributed by atoms with E-state index in [9.17, 15) is 4.79 Å². The number of carbonyl (C=O) groups excluding carboxylic acids is 1. The van der Waals surface area contributed by atoms with E-state index in [1.54, 1.807) is 5.51 Å². The second-order valence-corrected chi connectivity index (χ2v) is 10.1. The first kappa shape index (κ1) is 20.9.